The third-order valence-corrected chi connectivity index (χ3v) is 3.18. The molecule has 0 aliphatic carbocycles. The Kier molecular flexibility index (Phi) is 6.20. The summed E-state index contributed by atoms with van der Waals surface area (Å²) in [6.07, 6.45) is 6.93. The van der Waals surface area contributed by atoms with Gasteiger partial charge in [-0.25, -0.2) is 0 Å². The largest absolute Gasteiger partial charge is 0.315 e. The first kappa shape index (κ1) is 12.0. The van der Waals surface area contributed by atoms with Crippen LogP contribution in [0.5, 0.6) is 0 Å². The number of unbranched alkanes of at least 4 members (excludes halogenated alkanes) is 1. The van der Waals surface area contributed by atoms with Crippen molar-refractivity contribution in [1.29, 1.82) is 0 Å². The Morgan fingerprint density at radius 1 is 1.29 bits per heavy atom. The fraction of sp³-hybridized carbons (Fsp3) is 1.00. The Hall–Kier alpha value is -0.0800. The number of nitrogens with zero attached hydrogens (tertiary/aromatic N) is 1. The van der Waals surface area contributed by atoms with E-state index in [4.69, 9.17) is 0 Å². The van der Waals surface area contributed by atoms with E-state index in [1.165, 1.54) is 51.7 Å². The van der Waals surface area contributed by atoms with E-state index in [9.17, 15) is 0 Å². The van der Waals surface area contributed by atoms with Gasteiger partial charge in [0.1, 0.15) is 0 Å². The molecule has 1 aliphatic rings. The first-order chi connectivity index (χ1) is 6.88. The number of nitrogens with one attached hydrogen (secondary N) is 1. The van der Waals surface area contributed by atoms with Crippen LogP contribution < -0.4 is 5.32 Å². The van der Waals surface area contributed by atoms with Gasteiger partial charge in [0.15, 0.2) is 0 Å². The van der Waals surface area contributed by atoms with Gasteiger partial charge < -0.3 is 5.32 Å². The summed E-state index contributed by atoms with van der Waals surface area (Å²) in [4.78, 5) is 2.69. The molecule has 0 aromatic carbocycles. The summed E-state index contributed by atoms with van der Waals surface area (Å²) >= 11 is 0. The molecule has 0 radical (unpaired) electrons. The predicted octanol–water partition coefficient (Wildman–Crippen LogP) is 2.25. The maximum Gasteiger partial charge on any atom is 0.0220 e. The zero-order valence-electron chi connectivity index (χ0n) is 9.89. The molecule has 0 unspecified atom stereocenters. The first-order valence-corrected chi connectivity index (χ1v) is 6.33. The van der Waals surface area contributed by atoms with Crippen LogP contribution in [0.4, 0.5) is 0 Å². The minimum atomic E-state index is 0.815. The van der Waals surface area contributed by atoms with Crippen LogP contribution in [-0.4, -0.2) is 37.1 Å². The normalized spacial score (nSPS) is 24.0. The summed E-state index contributed by atoms with van der Waals surface area (Å²) in [6.45, 7) is 9.42. The lowest BCUT2D eigenvalue weighted by Gasteiger charge is -2.35. The van der Waals surface area contributed by atoms with Crippen LogP contribution in [0.3, 0.4) is 0 Å². The van der Waals surface area contributed by atoms with E-state index in [-0.39, 0.29) is 0 Å². The molecule has 1 saturated heterocycles. The lowest BCUT2D eigenvalue weighted by molar-refractivity contribution is 0.144. The average molecular weight is 198 g/mol. The molecule has 2 nitrogen and oxygen atoms in total. The van der Waals surface area contributed by atoms with E-state index < -0.39 is 0 Å². The Labute approximate surface area is 89.1 Å². The van der Waals surface area contributed by atoms with E-state index in [0.717, 1.165) is 12.6 Å². The summed E-state index contributed by atoms with van der Waals surface area (Å²) in [7, 11) is 0. The lowest BCUT2D eigenvalue weighted by Crippen LogP contribution is -2.45. The van der Waals surface area contributed by atoms with Crippen LogP contribution in [0.1, 0.15) is 46.0 Å². The highest BCUT2D eigenvalue weighted by Gasteiger charge is 2.20. The van der Waals surface area contributed by atoms with Crippen LogP contribution in [-0.2, 0) is 0 Å². The molecule has 1 fully saturated rings. The van der Waals surface area contributed by atoms with E-state index in [0.29, 0.717) is 0 Å². The third-order valence-electron chi connectivity index (χ3n) is 3.18. The monoisotopic (exact) mass is 198 g/mol. The molecule has 0 aromatic rings. The van der Waals surface area contributed by atoms with E-state index in [2.05, 4.69) is 24.1 Å². The highest BCUT2D eigenvalue weighted by molar-refractivity contribution is 4.78. The van der Waals surface area contributed by atoms with Crippen LogP contribution >= 0.6 is 0 Å². The number of hydrogen-bond donors (Lipinski definition) is 1. The van der Waals surface area contributed by atoms with Crippen molar-refractivity contribution < 1.29 is 0 Å². The maximum atomic E-state index is 3.48. The van der Waals surface area contributed by atoms with Crippen molar-refractivity contribution in [3.8, 4) is 0 Å². The van der Waals surface area contributed by atoms with Gasteiger partial charge in [-0.05, 0) is 38.9 Å². The summed E-state index contributed by atoms with van der Waals surface area (Å²) < 4.78 is 0. The van der Waals surface area contributed by atoms with Gasteiger partial charge >= 0.3 is 0 Å². The Morgan fingerprint density at radius 3 is 2.86 bits per heavy atom. The molecule has 84 valence electrons. The highest BCUT2D eigenvalue weighted by Crippen LogP contribution is 2.16. The van der Waals surface area contributed by atoms with Crippen molar-refractivity contribution in [3.05, 3.63) is 0 Å². The maximum absolute atomic E-state index is 3.48. The molecule has 1 heterocycles. The fourth-order valence-corrected chi connectivity index (χ4v) is 2.26. The molecule has 2 heteroatoms. The van der Waals surface area contributed by atoms with Gasteiger partial charge in [-0.3, -0.25) is 4.90 Å². The van der Waals surface area contributed by atoms with Gasteiger partial charge in [0.25, 0.3) is 0 Å². The van der Waals surface area contributed by atoms with Crippen LogP contribution in [0.15, 0.2) is 0 Å². The number of piperidine rings is 1. The fourth-order valence-electron chi connectivity index (χ4n) is 2.26. The standard InChI is InChI=1S/C12H26N2/c1-3-5-9-14-10-7-6-8-12(14)11-13-4-2/h12-13H,3-11H2,1-2H3/t12-/m0/s1. The summed E-state index contributed by atoms with van der Waals surface area (Å²) in [5, 5.41) is 3.48. The van der Waals surface area contributed by atoms with E-state index in [1.807, 2.05) is 0 Å². The second-order valence-corrected chi connectivity index (χ2v) is 4.35. The smallest absolute Gasteiger partial charge is 0.0220 e. The van der Waals surface area contributed by atoms with Gasteiger partial charge in [0.05, 0.1) is 0 Å². The molecule has 0 bridgehead atoms. The average Bonchev–Trinajstić information content (AvgIpc) is 2.24. The molecule has 0 amide bonds. The number of likely N-dealkylation sites (N-methyl/N-ethyl adjacent to an activating group) is 1. The molecule has 1 aliphatic heterocycles. The second kappa shape index (κ2) is 7.24. The third kappa shape index (κ3) is 3.97. The Morgan fingerprint density at radius 2 is 2.14 bits per heavy atom. The van der Waals surface area contributed by atoms with Crippen molar-refractivity contribution in [2.24, 2.45) is 0 Å². The first-order valence-electron chi connectivity index (χ1n) is 6.33. The number of rotatable bonds is 6. The molecule has 0 aromatic heterocycles. The van der Waals surface area contributed by atoms with E-state index >= 15 is 0 Å². The van der Waals surface area contributed by atoms with Crippen molar-refractivity contribution in [2.75, 3.05) is 26.2 Å². The molecule has 0 saturated carbocycles. The van der Waals surface area contributed by atoms with Crippen LogP contribution in [0.25, 0.3) is 0 Å². The quantitative estimate of drug-likeness (QED) is 0.704. The van der Waals surface area contributed by atoms with Gasteiger partial charge in [-0.15, -0.1) is 0 Å². The molecule has 1 atom stereocenters. The highest BCUT2D eigenvalue weighted by atomic mass is 15.2. The van der Waals surface area contributed by atoms with Gasteiger partial charge in [0.2, 0.25) is 0 Å². The molecular weight excluding hydrogens is 172 g/mol. The molecular formula is C12H26N2. The molecule has 1 N–H and O–H groups in total. The van der Waals surface area contributed by atoms with Crippen molar-refractivity contribution >= 4 is 0 Å². The molecule has 1 rings (SSSR count). The minimum Gasteiger partial charge on any atom is -0.315 e. The van der Waals surface area contributed by atoms with Crippen molar-refractivity contribution in [2.45, 2.75) is 52.0 Å². The molecule has 14 heavy (non-hydrogen) atoms. The number of hydrogen-bond acceptors (Lipinski definition) is 2. The van der Waals surface area contributed by atoms with Crippen molar-refractivity contribution in [1.82, 2.24) is 10.2 Å². The summed E-state index contributed by atoms with van der Waals surface area (Å²) in [6, 6.07) is 0.815. The zero-order valence-corrected chi connectivity index (χ0v) is 9.89. The summed E-state index contributed by atoms with van der Waals surface area (Å²) in [5.41, 5.74) is 0. The SMILES string of the molecule is CCCCN1CCCC[C@H]1CNCC. The van der Waals surface area contributed by atoms with Gasteiger partial charge in [-0.1, -0.05) is 26.7 Å². The summed E-state index contributed by atoms with van der Waals surface area (Å²) in [5.74, 6) is 0. The lowest BCUT2D eigenvalue weighted by atomic mass is 10.0. The van der Waals surface area contributed by atoms with Crippen LogP contribution in [0, 0.1) is 0 Å². The van der Waals surface area contributed by atoms with Gasteiger partial charge in [0, 0.05) is 12.6 Å². The van der Waals surface area contributed by atoms with Gasteiger partial charge in [-0.2, -0.15) is 0 Å². The second-order valence-electron chi connectivity index (χ2n) is 4.35. The molecule has 0 spiro atoms. The Balaban J connectivity index is 2.26. The number of likely N-dealkylation sites (tertiary alicyclic amines) is 1. The predicted molar refractivity (Wildman–Crippen MR) is 62.7 cm³/mol. The minimum absolute atomic E-state index is 0.815. The van der Waals surface area contributed by atoms with Crippen LogP contribution in [0.2, 0.25) is 0 Å². The Bertz CT molecular complexity index is 120. The topological polar surface area (TPSA) is 15.3 Å². The zero-order chi connectivity index (χ0) is 10.2. The van der Waals surface area contributed by atoms with E-state index in [1.54, 1.807) is 0 Å². The van der Waals surface area contributed by atoms with Crippen molar-refractivity contribution in [3.63, 3.8) is 0 Å².